The van der Waals surface area contributed by atoms with Crippen LogP contribution in [0.1, 0.15) is 47.8 Å². The number of halogens is 2. The van der Waals surface area contributed by atoms with E-state index < -0.39 is 0 Å². The molecule has 0 atom stereocenters. The van der Waals surface area contributed by atoms with Crippen LogP contribution in [0.3, 0.4) is 0 Å². The SMILES string of the molecule is Cc1cccc(C)c1N=Cc1ccc(C=Nc2ccccc2C(C)C)[nH]1.[Cl][Fe][Cl]. The summed E-state index contributed by atoms with van der Waals surface area (Å²) in [5.74, 6) is 0.451. The van der Waals surface area contributed by atoms with Crippen LogP contribution in [0.25, 0.3) is 0 Å². The predicted molar refractivity (Wildman–Crippen MR) is 123 cm³/mol. The van der Waals surface area contributed by atoms with E-state index in [2.05, 4.69) is 79.1 Å². The third kappa shape index (κ3) is 7.17. The Morgan fingerprint density at radius 2 is 1.38 bits per heavy atom. The van der Waals surface area contributed by atoms with Gasteiger partial charge in [-0.1, -0.05) is 50.2 Å². The van der Waals surface area contributed by atoms with Crippen molar-refractivity contribution in [3.05, 3.63) is 82.7 Å². The molecule has 0 aliphatic rings. The molecule has 154 valence electrons. The van der Waals surface area contributed by atoms with Gasteiger partial charge in [-0.3, -0.25) is 9.98 Å². The van der Waals surface area contributed by atoms with Crippen LogP contribution in [0.15, 0.2) is 64.6 Å². The molecule has 0 bridgehead atoms. The molecule has 0 spiro atoms. The van der Waals surface area contributed by atoms with Crippen molar-refractivity contribution in [3.8, 4) is 0 Å². The fourth-order valence-corrected chi connectivity index (χ4v) is 2.96. The first kappa shape index (κ1) is 23.4. The number of aliphatic imine (C=N–C) groups is 2. The van der Waals surface area contributed by atoms with Crippen molar-refractivity contribution in [2.24, 2.45) is 9.98 Å². The molecule has 0 amide bonds. The van der Waals surface area contributed by atoms with Crippen molar-refractivity contribution in [1.82, 2.24) is 4.98 Å². The summed E-state index contributed by atoms with van der Waals surface area (Å²) in [5.41, 5.74) is 7.59. The van der Waals surface area contributed by atoms with Gasteiger partial charge in [0.2, 0.25) is 0 Å². The Hall–Kier alpha value is -1.84. The van der Waals surface area contributed by atoms with Gasteiger partial charge in [-0.05, 0) is 54.7 Å². The van der Waals surface area contributed by atoms with Gasteiger partial charge in [0.1, 0.15) is 0 Å². The molecule has 3 aromatic rings. The molecule has 3 rings (SSSR count). The predicted octanol–water partition coefficient (Wildman–Crippen LogP) is 7.63. The van der Waals surface area contributed by atoms with Gasteiger partial charge in [0.15, 0.2) is 0 Å². The topological polar surface area (TPSA) is 40.5 Å². The Bertz CT molecular complexity index is 958. The number of hydrogen-bond acceptors (Lipinski definition) is 2. The van der Waals surface area contributed by atoms with E-state index in [-0.39, 0.29) is 13.1 Å². The van der Waals surface area contributed by atoms with Crippen molar-refractivity contribution < 1.29 is 13.1 Å². The molecule has 0 saturated heterocycles. The number of H-pyrrole nitrogens is 1. The average Bonchev–Trinajstić information content (AvgIpc) is 3.14. The van der Waals surface area contributed by atoms with Crippen molar-refractivity contribution in [2.45, 2.75) is 33.6 Å². The molecule has 2 aromatic carbocycles. The number of hydrogen-bond donors (Lipinski definition) is 1. The van der Waals surface area contributed by atoms with Gasteiger partial charge in [0.25, 0.3) is 0 Å². The van der Waals surface area contributed by atoms with E-state index in [1.807, 2.05) is 30.6 Å². The third-order valence-corrected chi connectivity index (χ3v) is 4.40. The van der Waals surface area contributed by atoms with E-state index >= 15 is 0 Å². The van der Waals surface area contributed by atoms with Crippen LogP contribution < -0.4 is 0 Å². The van der Waals surface area contributed by atoms with Gasteiger partial charge < -0.3 is 4.98 Å². The maximum absolute atomic E-state index is 4.76. The van der Waals surface area contributed by atoms with Crippen LogP contribution in [0, 0.1) is 13.8 Å². The molecule has 29 heavy (non-hydrogen) atoms. The first-order chi connectivity index (χ1) is 14.0. The van der Waals surface area contributed by atoms with E-state index in [0.29, 0.717) is 5.92 Å². The van der Waals surface area contributed by atoms with E-state index in [0.717, 1.165) is 22.8 Å². The zero-order valence-electron chi connectivity index (χ0n) is 16.9. The monoisotopic (exact) mass is 469 g/mol. The normalized spacial score (nSPS) is 11.4. The molecule has 0 saturated carbocycles. The van der Waals surface area contributed by atoms with E-state index in [4.69, 9.17) is 20.2 Å². The van der Waals surface area contributed by atoms with E-state index in [9.17, 15) is 0 Å². The van der Waals surface area contributed by atoms with Crippen LogP contribution in [-0.4, -0.2) is 17.4 Å². The number of para-hydroxylation sites is 2. The average molecular weight is 470 g/mol. The minimum absolute atomic E-state index is 0.194. The Morgan fingerprint density at radius 3 is 1.97 bits per heavy atom. The summed E-state index contributed by atoms with van der Waals surface area (Å²) in [7, 11) is 9.53. The second-order valence-corrected chi connectivity index (χ2v) is 8.71. The van der Waals surface area contributed by atoms with E-state index in [1.165, 1.54) is 16.7 Å². The second kappa shape index (κ2) is 12.0. The van der Waals surface area contributed by atoms with Gasteiger partial charge in [0, 0.05) is 0 Å². The fourth-order valence-electron chi connectivity index (χ4n) is 2.96. The summed E-state index contributed by atoms with van der Waals surface area (Å²) in [6.45, 7) is 8.54. The molecule has 0 radical (unpaired) electrons. The molecule has 0 aliphatic carbocycles. The number of aryl methyl sites for hydroxylation is 2. The third-order valence-electron chi connectivity index (χ3n) is 4.40. The van der Waals surface area contributed by atoms with Crippen LogP contribution in [0.4, 0.5) is 11.4 Å². The quantitative estimate of drug-likeness (QED) is 0.294. The Labute approximate surface area is 187 Å². The molecule has 6 heteroatoms. The molecule has 3 nitrogen and oxygen atoms in total. The molecule has 1 N–H and O–H groups in total. The van der Waals surface area contributed by atoms with E-state index in [1.54, 1.807) is 0 Å². The fraction of sp³-hybridized carbons (Fsp3) is 0.217. The molecule has 1 aromatic heterocycles. The van der Waals surface area contributed by atoms with Gasteiger partial charge in [-0.15, -0.1) is 0 Å². The molecular formula is C23H25Cl2FeN3. The first-order valence-corrected chi connectivity index (χ1v) is 12.3. The van der Waals surface area contributed by atoms with Crippen molar-refractivity contribution in [1.29, 1.82) is 0 Å². The van der Waals surface area contributed by atoms with Crippen molar-refractivity contribution >= 4 is 44.0 Å². The summed E-state index contributed by atoms with van der Waals surface area (Å²) in [4.78, 5) is 12.6. The van der Waals surface area contributed by atoms with Gasteiger partial charge >= 0.3 is 33.3 Å². The van der Waals surface area contributed by atoms with Crippen LogP contribution >= 0.6 is 20.2 Å². The van der Waals surface area contributed by atoms with Gasteiger partial charge in [0.05, 0.1) is 35.2 Å². The Balaban J connectivity index is 0.000000941. The summed E-state index contributed by atoms with van der Waals surface area (Å²) < 4.78 is 0. The number of aromatic amines is 1. The Morgan fingerprint density at radius 1 is 0.828 bits per heavy atom. The van der Waals surface area contributed by atoms with Crippen molar-refractivity contribution in [3.63, 3.8) is 0 Å². The van der Waals surface area contributed by atoms with Crippen molar-refractivity contribution in [2.75, 3.05) is 0 Å². The minimum atomic E-state index is 0.194. The number of rotatable bonds is 5. The standard InChI is InChI=1S/C23H25N3.2ClH.Fe/c1-16(2)21-10-5-6-11-22(21)24-14-19-12-13-20(26-19)15-25-23-17(3)8-7-9-18(23)4;;;/h5-16,26H,1-4H3;2*1H;/q;;;+2/p-2. The zero-order chi connectivity index (χ0) is 21.2. The zero-order valence-corrected chi connectivity index (χ0v) is 19.5. The molecule has 0 aliphatic heterocycles. The molecular weight excluding hydrogens is 445 g/mol. The van der Waals surface area contributed by atoms with Crippen LogP contribution in [0.2, 0.25) is 0 Å². The summed E-state index contributed by atoms with van der Waals surface area (Å²) >= 11 is 0.194. The molecule has 0 fully saturated rings. The summed E-state index contributed by atoms with van der Waals surface area (Å²) in [6, 6.07) is 18.5. The van der Waals surface area contributed by atoms with Crippen LogP contribution in [-0.2, 0) is 13.1 Å². The maximum atomic E-state index is 4.76. The number of nitrogens with zero attached hydrogens (tertiary/aromatic N) is 2. The summed E-state index contributed by atoms with van der Waals surface area (Å²) in [6.07, 6.45) is 3.74. The second-order valence-electron chi connectivity index (χ2n) is 6.89. The number of nitrogens with one attached hydrogen (secondary N) is 1. The van der Waals surface area contributed by atoms with Crippen LogP contribution in [0.5, 0.6) is 0 Å². The number of benzene rings is 2. The molecule has 1 heterocycles. The van der Waals surface area contributed by atoms with Gasteiger partial charge in [-0.2, -0.15) is 0 Å². The number of aromatic nitrogens is 1. The van der Waals surface area contributed by atoms with Gasteiger partial charge in [-0.25, -0.2) is 0 Å². The summed E-state index contributed by atoms with van der Waals surface area (Å²) in [5, 5.41) is 0. The molecule has 0 unspecified atom stereocenters. The Kier molecular flexibility index (Phi) is 9.69. The first-order valence-electron chi connectivity index (χ1n) is 9.23.